The van der Waals surface area contributed by atoms with Crippen molar-refractivity contribution in [3.8, 4) is 0 Å². The third-order valence-corrected chi connectivity index (χ3v) is 6.31. The highest BCUT2D eigenvalue weighted by Crippen LogP contribution is 2.37. The van der Waals surface area contributed by atoms with Gasteiger partial charge in [0.1, 0.15) is 0 Å². The normalized spacial score (nSPS) is 15.5. The van der Waals surface area contributed by atoms with Gasteiger partial charge in [-0.2, -0.15) is 0 Å². The van der Waals surface area contributed by atoms with Crippen molar-refractivity contribution in [2.45, 2.75) is 6.42 Å². The van der Waals surface area contributed by atoms with Crippen LogP contribution in [-0.2, 0) is 16.0 Å². The molecule has 1 aromatic heterocycles. The second-order valence-corrected chi connectivity index (χ2v) is 8.64. The van der Waals surface area contributed by atoms with E-state index in [2.05, 4.69) is 10.3 Å². The number of benzene rings is 2. The molecule has 2 aromatic carbocycles. The summed E-state index contributed by atoms with van der Waals surface area (Å²) in [6.07, 6.45) is 1.93. The molecule has 3 aromatic rings. The lowest BCUT2D eigenvalue weighted by molar-refractivity contribution is -0.115. The molecule has 0 unspecified atom stereocenters. The Morgan fingerprint density at radius 2 is 1.76 bits per heavy atom. The molecule has 4 rings (SSSR count). The maximum absolute atomic E-state index is 13.2. The van der Waals surface area contributed by atoms with Gasteiger partial charge in [0, 0.05) is 23.6 Å². The first-order chi connectivity index (χ1) is 14.1. The number of para-hydroxylation sites is 1. The Bertz CT molecular complexity index is 1080. The van der Waals surface area contributed by atoms with Crippen LogP contribution >= 0.6 is 35.3 Å². The van der Waals surface area contributed by atoms with Gasteiger partial charge in [-0.3, -0.25) is 19.8 Å². The van der Waals surface area contributed by atoms with Crippen LogP contribution in [0.3, 0.4) is 0 Å². The second-order valence-electron chi connectivity index (χ2n) is 6.11. The molecule has 1 aliphatic heterocycles. The molecule has 1 aliphatic rings. The smallest absolute Gasteiger partial charge is 0.271 e. The Morgan fingerprint density at radius 1 is 1.07 bits per heavy atom. The van der Waals surface area contributed by atoms with E-state index in [0.29, 0.717) is 32.0 Å². The molecular formula is C21H15N3O2S3. The van der Waals surface area contributed by atoms with Crippen molar-refractivity contribution in [2.24, 2.45) is 0 Å². The van der Waals surface area contributed by atoms with Crippen LogP contribution in [0.1, 0.15) is 5.56 Å². The van der Waals surface area contributed by atoms with Crippen molar-refractivity contribution in [3.05, 3.63) is 88.3 Å². The minimum Gasteiger partial charge on any atom is -0.298 e. The van der Waals surface area contributed by atoms with Crippen LogP contribution in [0, 0.1) is 0 Å². The summed E-state index contributed by atoms with van der Waals surface area (Å²) in [7, 11) is 0. The number of rotatable bonds is 5. The molecule has 1 saturated heterocycles. The van der Waals surface area contributed by atoms with Gasteiger partial charge < -0.3 is 0 Å². The fourth-order valence-corrected chi connectivity index (χ4v) is 4.76. The number of thiocarbonyl (C=S) groups is 1. The van der Waals surface area contributed by atoms with Gasteiger partial charge in [0.05, 0.1) is 10.6 Å². The molecule has 0 spiro atoms. The summed E-state index contributed by atoms with van der Waals surface area (Å²) in [5.41, 5.74) is 1.99. The number of amides is 2. The zero-order valence-corrected chi connectivity index (χ0v) is 17.5. The van der Waals surface area contributed by atoms with Crippen molar-refractivity contribution in [1.29, 1.82) is 0 Å². The summed E-state index contributed by atoms with van der Waals surface area (Å²) < 4.78 is 0.406. The van der Waals surface area contributed by atoms with Crippen LogP contribution in [0.25, 0.3) is 0 Å². The topological polar surface area (TPSA) is 62.3 Å². The number of hydrogen-bond acceptors (Lipinski definition) is 6. The molecule has 5 nitrogen and oxygen atoms in total. The van der Waals surface area contributed by atoms with Crippen molar-refractivity contribution >= 4 is 62.3 Å². The Hall–Kier alpha value is -2.81. The summed E-state index contributed by atoms with van der Waals surface area (Å²) in [5.74, 6) is -0.635. The monoisotopic (exact) mass is 437 g/mol. The molecule has 0 atom stereocenters. The average molecular weight is 438 g/mol. The van der Waals surface area contributed by atoms with Gasteiger partial charge in [-0.05, 0) is 17.7 Å². The highest BCUT2D eigenvalue weighted by Gasteiger charge is 2.37. The molecule has 29 heavy (non-hydrogen) atoms. The average Bonchev–Trinajstić information content (AvgIpc) is 3.35. The van der Waals surface area contributed by atoms with E-state index >= 15 is 0 Å². The van der Waals surface area contributed by atoms with E-state index in [1.165, 1.54) is 16.2 Å². The number of nitrogens with zero attached hydrogens (tertiary/aromatic N) is 2. The van der Waals surface area contributed by atoms with Crippen molar-refractivity contribution in [1.82, 2.24) is 4.98 Å². The molecule has 2 heterocycles. The lowest BCUT2D eigenvalue weighted by Gasteiger charge is -2.14. The highest BCUT2D eigenvalue weighted by molar-refractivity contribution is 8.27. The molecule has 0 radical (unpaired) electrons. The third kappa shape index (κ3) is 4.29. The Morgan fingerprint density at radius 3 is 2.41 bits per heavy atom. The van der Waals surface area contributed by atoms with Gasteiger partial charge in [0.25, 0.3) is 11.8 Å². The van der Waals surface area contributed by atoms with Crippen LogP contribution in [-0.4, -0.2) is 21.1 Å². The number of carbonyl (C=O) groups excluding carboxylic acids is 2. The number of anilines is 2. The lowest BCUT2D eigenvalue weighted by atomic mass is 10.0. The van der Waals surface area contributed by atoms with Crippen LogP contribution in [0.4, 0.5) is 10.8 Å². The predicted octanol–water partition coefficient (Wildman–Crippen LogP) is 4.64. The van der Waals surface area contributed by atoms with E-state index in [0.717, 1.165) is 17.3 Å². The van der Waals surface area contributed by atoms with Crippen molar-refractivity contribution < 1.29 is 9.59 Å². The Labute approximate surface area is 181 Å². The van der Waals surface area contributed by atoms with Crippen molar-refractivity contribution in [3.63, 3.8) is 0 Å². The van der Waals surface area contributed by atoms with E-state index < -0.39 is 0 Å². The lowest BCUT2D eigenvalue weighted by Crippen LogP contribution is -2.28. The van der Waals surface area contributed by atoms with Crippen molar-refractivity contribution in [2.75, 3.05) is 10.2 Å². The van der Waals surface area contributed by atoms with E-state index in [1.807, 2.05) is 60.7 Å². The third-order valence-electron chi connectivity index (χ3n) is 4.21. The van der Waals surface area contributed by atoms with E-state index in [1.54, 1.807) is 11.6 Å². The first-order valence-corrected chi connectivity index (χ1v) is 10.8. The fraction of sp³-hybridized carbons (Fsp3) is 0.0476. The molecule has 2 amide bonds. The first kappa shape index (κ1) is 19.5. The number of aromatic nitrogens is 1. The van der Waals surface area contributed by atoms with Gasteiger partial charge in [0.2, 0.25) is 0 Å². The number of thiazole rings is 1. The summed E-state index contributed by atoms with van der Waals surface area (Å²) in [4.78, 5) is 32.2. The van der Waals surface area contributed by atoms with E-state index in [9.17, 15) is 9.59 Å². The van der Waals surface area contributed by atoms with Gasteiger partial charge >= 0.3 is 0 Å². The number of nitrogens with one attached hydrogen (secondary N) is 1. The molecule has 144 valence electrons. The number of hydrogen-bond donors (Lipinski definition) is 1. The predicted molar refractivity (Wildman–Crippen MR) is 122 cm³/mol. The largest absolute Gasteiger partial charge is 0.298 e. The summed E-state index contributed by atoms with van der Waals surface area (Å²) in [5, 5.41) is 5.06. The quantitative estimate of drug-likeness (QED) is 0.465. The summed E-state index contributed by atoms with van der Waals surface area (Å²) in [6, 6.07) is 18.8. The molecular weight excluding hydrogens is 422 g/mol. The standard InChI is InChI=1S/C21H15N3O2S3/c25-18(23-20-22-11-12-28-20)16(13-14-7-3-1-4-8-14)17-19(26)24(21(27)29-17)15-9-5-2-6-10-15/h1-12H,13H2,(H,22,23,25)/b17-16+. The van der Waals surface area contributed by atoms with Gasteiger partial charge in [0.15, 0.2) is 9.45 Å². The molecule has 1 fully saturated rings. The SMILES string of the molecule is O=C(Nc1nccs1)/C(Cc1ccccc1)=C1/SC(=S)N(c2ccccc2)C1=O. The molecule has 0 saturated carbocycles. The summed E-state index contributed by atoms with van der Waals surface area (Å²) in [6.45, 7) is 0. The number of thioether (sulfide) groups is 1. The maximum atomic E-state index is 13.2. The van der Waals surface area contributed by atoms with Gasteiger partial charge in [-0.25, -0.2) is 4.98 Å². The fourth-order valence-electron chi connectivity index (χ4n) is 2.87. The first-order valence-electron chi connectivity index (χ1n) is 8.72. The van der Waals surface area contributed by atoms with Gasteiger partial charge in [-0.15, -0.1) is 11.3 Å². The minimum atomic E-state index is -0.350. The van der Waals surface area contributed by atoms with E-state index in [-0.39, 0.29) is 11.8 Å². The minimum absolute atomic E-state index is 0.286. The van der Waals surface area contributed by atoms with Crippen LogP contribution in [0.15, 0.2) is 82.7 Å². The maximum Gasteiger partial charge on any atom is 0.271 e. The molecule has 8 heteroatoms. The molecule has 0 aliphatic carbocycles. The van der Waals surface area contributed by atoms with Crippen LogP contribution in [0.5, 0.6) is 0 Å². The Balaban J connectivity index is 1.72. The highest BCUT2D eigenvalue weighted by atomic mass is 32.2. The molecule has 0 bridgehead atoms. The second kappa shape index (κ2) is 8.69. The zero-order chi connectivity index (χ0) is 20.2. The van der Waals surface area contributed by atoms with E-state index in [4.69, 9.17) is 12.2 Å². The number of carbonyl (C=O) groups is 2. The molecule has 1 N–H and O–H groups in total. The Kier molecular flexibility index (Phi) is 5.84. The van der Waals surface area contributed by atoms with Crippen LogP contribution in [0.2, 0.25) is 0 Å². The van der Waals surface area contributed by atoms with Gasteiger partial charge in [-0.1, -0.05) is 72.5 Å². The zero-order valence-electron chi connectivity index (χ0n) is 15.1. The van der Waals surface area contributed by atoms with Crippen LogP contribution < -0.4 is 10.2 Å². The summed E-state index contributed by atoms with van der Waals surface area (Å²) >= 11 is 7.93.